The molecule has 0 aliphatic carbocycles. The van der Waals surface area contributed by atoms with Crippen molar-refractivity contribution in [1.82, 2.24) is 10.3 Å². The summed E-state index contributed by atoms with van der Waals surface area (Å²) < 4.78 is 0. The third-order valence-electron chi connectivity index (χ3n) is 3.11. The van der Waals surface area contributed by atoms with E-state index in [0.717, 1.165) is 36.5 Å². The summed E-state index contributed by atoms with van der Waals surface area (Å²) >= 11 is 0. The molecule has 0 spiro atoms. The van der Waals surface area contributed by atoms with Gasteiger partial charge in [-0.15, -0.1) is 0 Å². The van der Waals surface area contributed by atoms with Crippen LogP contribution in [0, 0.1) is 0 Å². The van der Waals surface area contributed by atoms with Crippen LogP contribution in [0.3, 0.4) is 0 Å². The molecule has 1 aromatic rings. The third-order valence-corrected chi connectivity index (χ3v) is 3.11. The van der Waals surface area contributed by atoms with Gasteiger partial charge >= 0.3 is 6.03 Å². The van der Waals surface area contributed by atoms with Crippen molar-refractivity contribution in [3.05, 3.63) is 23.5 Å². The summed E-state index contributed by atoms with van der Waals surface area (Å²) in [5.74, 6) is 0.427. The van der Waals surface area contributed by atoms with E-state index in [0.29, 0.717) is 5.92 Å². The van der Waals surface area contributed by atoms with Crippen LogP contribution in [0.15, 0.2) is 12.1 Å². The Balaban J connectivity index is 2.36. The Morgan fingerprint density at radius 3 is 2.88 bits per heavy atom. The minimum atomic E-state index is -0.0509. The summed E-state index contributed by atoms with van der Waals surface area (Å²) in [5, 5.41) is 2.67. The van der Waals surface area contributed by atoms with Crippen LogP contribution in [0.4, 0.5) is 10.5 Å². The van der Waals surface area contributed by atoms with Crippen LogP contribution in [0.25, 0.3) is 0 Å². The average Bonchev–Trinajstić information content (AvgIpc) is 2.36. The lowest BCUT2D eigenvalue weighted by atomic mass is 10.0. The molecule has 0 atom stereocenters. The predicted molar refractivity (Wildman–Crippen MR) is 68.4 cm³/mol. The second-order valence-electron chi connectivity index (χ2n) is 4.67. The number of rotatable bonds is 1. The van der Waals surface area contributed by atoms with Gasteiger partial charge in [0.15, 0.2) is 0 Å². The number of hydrogen-bond acceptors (Lipinski definition) is 2. The van der Waals surface area contributed by atoms with Gasteiger partial charge in [-0.1, -0.05) is 13.8 Å². The number of fused-ring (bicyclic) bond motifs is 1. The van der Waals surface area contributed by atoms with Gasteiger partial charge in [-0.05, 0) is 30.9 Å². The summed E-state index contributed by atoms with van der Waals surface area (Å²) in [6, 6.07) is 3.99. The van der Waals surface area contributed by atoms with Crippen LogP contribution in [0.5, 0.6) is 0 Å². The van der Waals surface area contributed by atoms with Gasteiger partial charge in [0.1, 0.15) is 0 Å². The van der Waals surface area contributed by atoms with Gasteiger partial charge in [0.05, 0.1) is 11.4 Å². The van der Waals surface area contributed by atoms with Crippen molar-refractivity contribution in [2.75, 3.05) is 18.5 Å². The van der Waals surface area contributed by atoms with Crippen LogP contribution < -0.4 is 10.2 Å². The first-order valence-corrected chi connectivity index (χ1v) is 6.12. The summed E-state index contributed by atoms with van der Waals surface area (Å²) in [7, 11) is 1.66. The lowest BCUT2D eigenvalue weighted by Gasteiger charge is -2.28. The molecular weight excluding hydrogens is 214 g/mol. The number of aromatic nitrogens is 1. The lowest BCUT2D eigenvalue weighted by Crippen LogP contribution is -2.41. The Kier molecular flexibility index (Phi) is 3.31. The first-order chi connectivity index (χ1) is 8.13. The number of amides is 2. The van der Waals surface area contributed by atoms with E-state index in [1.165, 1.54) is 0 Å². The van der Waals surface area contributed by atoms with Crippen molar-refractivity contribution < 1.29 is 4.79 Å². The molecule has 92 valence electrons. The third kappa shape index (κ3) is 2.25. The van der Waals surface area contributed by atoms with Crippen LogP contribution in [-0.2, 0) is 6.42 Å². The molecule has 0 fully saturated rings. The molecule has 1 N–H and O–H groups in total. The average molecular weight is 233 g/mol. The Morgan fingerprint density at radius 2 is 2.24 bits per heavy atom. The zero-order valence-electron chi connectivity index (χ0n) is 10.7. The highest BCUT2D eigenvalue weighted by molar-refractivity contribution is 5.92. The molecule has 2 heterocycles. The molecule has 0 aromatic carbocycles. The van der Waals surface area contributed by atoms with Gasteiger partial charge in [-0.2, -0.15) is 0 Å². The van der Waals surface area contributed by atoms with E-state index in [1.54, 1.807) is 11.9 Å². The second-order valence-corrected chi connectivity index (χ2v) is 4.67. The van der Waals surface area contributed by atoms with E-state index < -0.39 is 0 Å². The van der Waals surface area contributed by atoms with Crippen molar-refractivity contribution in [2.45, 2.75) is 32.6 Å². The Labute approximate surface area is 102 Å². The minimum Gasteiger partial charge on any atom is -0.341 e. The molecule has 0 saturated carbocycles. The highest BCUT2D eigenvalue weighted by Crippen LogP contribution is 2.27. The van der Waals surface area contributed by atoms with Crippen LogP contribution in [0.1, 0.15) is 37.6 Å². The largest absolute Gasteiger partial charge is 0.341 e. The maximum atomic E-state index is 11.7. The number of carbonyl (C=O) groups is 1. The molecule has 1 aliphatic rings. The molecule has 1 aliphatic heterocycles. The molecule has 2 rings (SSSR count). The van der Waals surface area contributed by atoms with E-state index >= 15 is 0 Å². The smallest absolute Gasteiger partial charge is 0.321 e. The van der Waals surface area contributed by atoms with Gasteiger partial charge in [0, 0.05) is 19.3 Å². The monoisotopic (exact) mass is 233 g/mol. The van der Waals surface area contributed by atoms with Crippen molar-refractivity contribution in [3.8, 4) is 0 Å². The van der Waals surface area contributed by atoms with Gasteiger partial charge < -0.3 is 5.32 Å². The molecule has 0 unspecified atom stereocenters. The van der Waals surface area contributed by atoms with Crippen molar-refractivity contribution in [2.24, 2.45) is 0 Å². The van der Waals surface area contributed by atoms with Gasteiger partial charge in [-0.25, -0.2) is 4.79 Å². The number of nitrogens with one attached hydrogen (secondary N) is 1. The first kappa shape index (κ1) is 11.9. The molecule has 2 amide bonds. The highest BCUT2D eigenvalue weighted by atomic mass is 16.2. The molecule has 4 nitrogen and oxygen atoms in total. The summed E-state index contributed by atoms with van der Waals surface area (Å²) in [6.07, 6.45) is 1.94. The minimum absolute atomic E-state index is 0.0509. The fourth-order valence-corrected chi connectivity index (χ4v) is 2.13. The number of aryl methyl sites for hydroxylation is 1. The van der Waals surface area contributed by atoms with Gasteiger partial charge in [0.2, 0.25) is 0 Å². The maximum absolute atomic E-state index is 11.7. The Hall–Kier alpha value is -1.58. The lowest BCUT2D eigenvalue weighted by molar-refractivity contribution is 0.247. The topological polar surface area (TPSA) is 45.2 Å². The fourth-order valence-electron chi connectivity index (χ4n) is 2.13. The number of urea groups is 1. The second kappa shape index (κ2) is 4.73. The highest BCUT2D eigenvalue weighted by Gasteiger charge is 2.23. The summed E-state index contributed by atoms with van der Waals surface area (Å²) in [5.41, 5.74) is 3.11. The molecular formula is C13H19N3O. The standard InChI is InChI=1S/C13H19N3O/c1-9(2)10-6-7-12-11(15-10)5-4-8-16(12)13(17)14-3/h6-7,9H,4-5,8H2,1-3H3,(H,14,17). The van der Waals surface area contributed by atoms with Crippen molar-refractivity contribution in [3.63, 3.8) is 0 Å². The summed E-state index contributed by atoms with van der Waals surface area (Å²) in [6.45, 7) is 5.04. The van der Waals surface area contributed by atoms with Gasteiger partial charge in [-0.3, -0.25) is 9.88 Å². The molecule has 17 heavy (non-hydrogen) atoms. The van der Waals surface area contributed by atoms with Crippen molar-refractivity contribution >= 4 is 11.7 Å². The Bertz CT molecular complexity index is 429. The van der Waals surface area contributed by atoms with E-state index in [2.05, 4.69) is 24.1 Å². The number of hydrogen-bond donors (Lipinski definition) is 1. The molecule has 0 bridgehead atoms. The van der Waals surface area contributed by atoms with E-state index in [1.807, 2.05) is 12.1 Å². The van der Waals surface area contributed by atoms with E-state index in [9.17, 15) is 4.79 Å². The summed E-state index contributed by atoms with van der Waals surface area (Å²) in [4.78, 5) is 18.2. The van der Waals surface area contributed by atoms with E-state index in [-0.39, 0.29) is 6.03 Å². The molecule has 4 heteroatoms. The maximum Gasteiger partial charge on any atom is 0.321 e. The zero-order chi connectivity index (χ0) is 12.4. The van der Waals surface area contributed by atoms with Crippen LogP contribution in [0.2, 0.25) is 0 Å². The predicted octanol–water partition coefficient (Wildman–Crippen LogP) is 2.30. The van der Waals surface area contributed by atoms with E-state index in [4.69, 9.17) is 0 Å². The molecule has 1 aromatic heterocycles. The number of anilines is 1. The molecule has 0 saturated heterocycles. The first-order valence-electron chi connectivity index (χ1n) is 6.12. The Morgan fingerprint density at radius 1 is 1.47 bits per heavy atom. The number of pyridine rings is 1. The number of nitrogens with zero attached hydrogens (tertiary/aromatic N) is 2. The van der Waals surface area contributed by atoms with Crippen LogP contribution in [-0.4, -0.2) is 24.6 Å². The van der Waals surface area contributed by atoms with Crippen molar-refractivity contribution in [1.29, 1.82) is 0 Å². The SMILES string of the molecule is CNC(=O)N1CCCc2nc(C(C)C)ccc21. The number of carbonyl (C=O) groups excluding carboxylic acids is 1. The quantitative estimate of drug-likeness (QED) is 0.809. The molecule has 0 radical (unpaired) electrons. The fraction of sp³-hybridized carbons (Fsp3) is 0.538. The normalized spacial score (nSPS) is 14.7. The van der Waals surface area contributed by atoms with Gasteiger partial charge in [0.25, 0.3) is 0 Å². The van der Waals surface area contributed by atoms with Crippen LogP contribution >= 0.6 is 0 Å². The zero-order valence-corrected chi connectivity index (χ0v) is 10.7.